The van der Waals surface area contributed by atoms with E-state index in [1.165, 1.54) is 15.9 Å². The third-order valence-corrected chi connectivity index (χ3v) is 5.82. The molecule has 2 aromatic heterocycles. The van der Waals surface area contributed by atoms with Crippen molar-refractivity contribution in [3.8, 4) is 0 Å². The van der Waals surface area contributed by atoms with Gasteiger partial charge in [0.2, 0.25) is 0 Å². The Bertz CT molecular complexity index is 1070. The van der Waals surface area contributed by atoms with Crippen LogP contribution in [0.1, 0.15) is 9.67 Å². The van der Waals surface area contributed by atoms with Gasteiger partial charge in [-0.3, -0.25) is 9.59 Å². The molecule has 138 valence electrons. The number of para-hydroxylation sites is 1. The molecule has 1 amide bonds. The van der Waals surface area contributed by atoms with Crippen molar-refractivity contribution >= 4 is 39.5 Å². The third-order valence-electron chi connectivity index (χ3n) is 4.96. The molecule has 1 saturated heterocycles. The lowest BCUT2D eigenvalue weighted by Crippen LogP contribution is -2.49. The van der Waals surface area contributed by atoms with E-state index in [9.17, 15) is 14.5 Å². The molecule has 1 aliphatic rings. The van der Waals surface area contributed by atoms with E-state index in [0.717, 1.165) is 15.8 Å². The van der Waals surface area contributed by atoms with Crippen LogP contribution in [0.3, 0.4) is 0 Å². The number of fused-ring (bicyclic) bond motifs is 1. The van der Waals surface area contributed by atoms with Crippen LogP contribution in [0.25, 0.3) is 10.9 Å². The number of carbonyl (C=O) groups excluding carboxylic acids is 1. The number of amides is 1. The first-order valence-electron chi connectivity index (χ1n) is 8.64. The number of carbonyl (C=O) groups is 1. The molecule has 1 aromatic carbocycles. The molecule has 0 aliphatic carbocycles. The fourth-order valence-electron chi connectivity index (χ4n) is 3.56. The Hall–Kier alpha value is -3.00. The molecule has 0 radical (unpaired) electrons. The Morgan fingerprint density at radius 2 is 1.81 bits per heavy atom. The molecule has 0 unspecified atom stereocenters. The summed E-state index contributed by atoms with van der Waals surface area (Å²) >= 11 is 1.43. The number of anilines is 1. The SMILES string of the molecule is Cn1c(=O)c(N=O)c(N2CCN(C(=O)c3cccs3)CC2)c2ccccc21. The van der Waals surface area contributed by atoms with Crippen molar-refractivity contribution in [2.45, 2.75) is 0 Å². The van der Waals surface area contributed by atoms with Gasteiger partial charge in [-0.2, -0.15) is 0 Å². The van der Waals surface area contributed by atoms with E-state index in [0.29, 0.717) is 31.9 Å². The van der Waals surface area contributed by atoms with Gasteiger partial charge in [0.1, 0.15) is 0 Å². The highest BCUT2D eigenvalue weighted by atomic mass is 32.1. The molecular weight excluding hydrogens is 364 g/mol. The second-order valence-corrected chi connectivity index (χ2v) is 7.37. The quantitative estimate of drug-likeness (QED) is 0.653. The van der Waals surface area contributed by atoms with E-state index in [2.05, 4.69) is 5.18 Å². The molecule has 4 rings (SSSR count). The summed E-state index contributed by atoms with van der Waals surface area (Å²) in [4.78, 5) is 41.1. The first-order chi connectivity index (χ1) is 13.1. The number of pyridine rings is 1. The van der Waals surface area contributed by atoms with Crippen molar-refractivity contribution in [3.63, 3.8) is 0 Å². The molecule has 3 aromatic rings. The Labute approximate surface area is 159 Å². The zero-order chi connectivity index (χ0) is 19.0. The van der Waals surface area contributed by atoms with Crippen molar-refractivity contribution in [1.29, 1.82) is 0 Å². The van der Waals surface area contributed by atoms with Gasteiger partial charge >= 0.3 is 0 Å². The standard InChI is InChI=1S/C19H18N4O3S/c1-21-14-6-3-2-5-13(14)17(16(20-26)19(21)25)22-8-10-23(11-9-22)18(24)15-7-4-12-27-15/h2-7,12H,8-11H2,1H3. The van der Waals surface area contributed by atoms with Gasteiger partial charge in [-0.25, -0.2) is 0 Å². The highest BCUT2D eigenvalue weighted by molar-refractivity contribution is 7.12. The van der Waals surface area contributed by atoms with E-state index >= 15 is 0 Å². The van der Waals surface area contributed by atoms with Gasteiger partial charge in [-0.05, 0) is 22.7 Å². The van der Waals surface area contributed by atoms with Gasteiger partial charge in [-0.1, -0.05) is 24.3 Å². The Kier molecular flexibility index (Phi) is 4.49. The van der Waals surface area contributed by atoms with Gasteiger partial charge in [0.25, 0.3) is 11.5 Å². The lowest BCUT2D eigenvalue weighted by molar-refractivity contribution is 0.0752. The van der Waals surface area contributed by atoms with Crippen molar-refractivity contribution in [3.05, 3.63) is 61.9 Å². The van der Waals surface area contributed by atoms with Crippen LogP contribution >= 0.6 is 11.3 Å². The van der Waals surface area contributed by atoms with Crippen LogP contribution < -0.4 is 10.5 Å². The molecule has 7 nitrogen and oxygen atoms in total. The number of hydrogen-bond acceptors (Lipinski definition) is 6. The lowest BCUT2D eigenvalue weighted by atomic mass is 10.1. The van der Waals surface area contributed by atoms with Crippen molar-refractivity contribution in [2.24, 2.45) is 12.2 Å². The smallest absolute Gasteiger partial charge is 0.282 e. The summed E-state index contributed by atoms with van der Waals surface area (Å²) in [5.74, 6) is 0.0206. The monoisotopic (exact) mass is 382 g/mol. The molecule has 3 heterocycles. The molecule has 0 spiro atoms. The van der Waals surface area contributed by atoms with E-state index in [1.54, 1.807) is 11.9 Å². The molecule has 27 heavy (non-hydrogen) atoms. The molecular formula is C19H18N4O3S. The summed E-state index contributed by atoms with van der Waals surface area (Å²) in [6, 6.07) is 11.2. The van der Waals surface area contributed by atoms with Gasteiger partial charge in [0.15, 0.2) is 5.69 Å². The Balaban J connectivity index is 1.68. The number of nitroso groups, excluding NO2 is 1. The highest BCUT2D eigenvalue weighted by Gasteiger charge is 2.27. The predicted octanol–water partition coefficient (Wildman–Crippen LogP) is 2.96. The minimum absolute atomic E-state index is 0.0206. The second kappa shape index (κ2) is 6.96. The zero-order valence-electron chi connectivity index (χ0n) is 14.8. The fourth-order valence-corrected chi connectivity index (χ4v) is 4.25. The van der Waals surface area contributed by atoms with E-state index in [4.69, 9.17) is 0 Å². The van der Waals surface area contributed by atoms with Crippen molar-refractivity contribution < 1.29 is 4.79 Å². The first kappa shape index (κ1) is 17.4. The van der Waals surface area contributed by atoms with E-state index in [1.807, 2.05) is 46.7 Å². The summed E-state index contributed by atoms with van der Waals surface area (Å²) in [7, 11) is 1.64. The Morgan fingerprint density at radius 1 is 1.07 bits per heavy atom. The number of hydrogen-bond donors (Lipinski definition) is 0. The molecule has 1 aliphatic heterocycles. The van der Waals surface area contributed by atoms with E-state index < -0.39 is 5.56 Å². The van der Waals surface area contributed by atoms with Crippen LogP contribution in [-0.2, 0) is 7.05 Å². The number of nitrogens with zero attached hydrogens (tertiary/aromatic N) is 4. The number of benzene rings is 1. The van der Waals surface area contributed by atoms with Crippen LogP contribution in [-0.4, -0.2) is 41.6 Å². The van der Waals surface area contributed by atoms with Gasteiger partial charge in [-0.15, -0.1) is 16.2 Å². The topological polar surface area (TPSA) is 75.0 Å². The summed E-state index contributed by atoms with van der Waals surface area (Å²) in [5, 5.41) is 5.75. The summed E-state index contributed by atoms with van der Waals surface area (Å²) in [6.07, 6.45) is 0. The summed E-state index contributed by atoms with van der Waals surface area (Å²) in [6.45, 7) is 2.13. The van der Waals surface area contributed by atoms with Gasteiger partial charge in [0, 0.05) is 38.6 Å². The van der Waals surface area contributed by atoms with Crippen LogP contribution in [0.5, 0.6) is 0 Å². The number of aromatic nitrogens is 1. The molecule has 8 heteroatoms. The second-order valence-electron chi connectivity index (χ2n) is 6.43. The number of aryl methyl sites for hydroxylation is 1. The van der Waals surface area contributed by atoms with Crippen LogP contribution in [0.15, 0.2) is 51.7 Å². The first-order valence-corrected chi connectivity index (χ1v) is 9.52. The Morgan fingerprint density at radius 3 is 2.48 bits per heavy atom. The molecule has 0 bridgehead atoms. The highest BCUT2D eigenvalue weighted by Crippen LogP contribution is 2.34. The lowest BCUT2D eigenvalue weighted by Gasteiger charge is -2.36. The number of rotatable bonds is 3. The maximum Gasteiger partial charge on any atom is 0.282 e. The van der Waals surface area contributed by atoms with Crippen LogP contribution in [0.4, 0.5) is 11.4 Å². The predicted molar refractivity (Wildman–Crippen MR) is 107 cm³/mol. The summed E-state index contributed by atoms with van der Waals surface area (Å²) < 4.78 is 1.45. The molecule has 1 fully saturated rings. The zero-order valence-corrected chi connectivity index (χ0v) is 15.6. The number of thiophene rings is 1. The third kappa shape index (κ3) is 2.91. The fraction of sp³-hybridized carbons (Fsp3) is 0.263. The van der Waals surface area contributed by atoms with Crippen LogP contribution in [0.2, 0.25) is 0 Å². The van der Waals surface area contributed by atoms with Crippen molar-refractivity contribution in [1.82, 2.24) is 9.47 Å². The normalized spacial score (nSPS) is 14.6. The molecule has 0 N–H and O–H groups in total. The van der Waals surface area contributed by atoms with Crippen molar-refractivity contribution in [2.75, 3.05) is 31.1 Å². The molecule has 0 atom stereocenters. The molecule has 0 saturated carbocycles. The minimum atomic E-state index is -0.407. The van der Waals surface area contributed by atoms with Gasteiger partial charge in [0.05, 0.1) is 16.1 Å². The largest absolute Gasteiger partial charge is 0.365 e. The van der Waals surface area contributed by atoms with E-state index in [-0.39, 0.29) is 11.6 Å². The average molecular weight is 382 g/mol. The average Bonchev–Trinajstić information content (AvgIpc) is 3.25. The van der Waals surface area contributed by atoms with Gasteiger partial charge < -0.3 is 14.4 Å². The van der Waals surface area contributed by atoms with Crippen LogP contribution in [0, 0.1) is 4.91 Å². The summed E-state index contributed by atoms with van der Waals surface area (Å²) in [5.41, 5.74) is 0.832. The number of piperazine rings is 1. The minimum Gasteiger partial charge on any atom is -0.365 e. The maximum atomic E-state index is 12.6. The maximum absolute atomic E-state index is 12.6.